The van der Waals surface area contributed by atoms with E-state index in [1.165, 1.54) is 19.1 Å². The van der Waals surface area contributed by atoms with Crippen LogP contribution in [0.5, 0.6) is 11.5 Å². The van der Waals surface area contributed by atoms with Crippen LogP contribution in [0.3, 0.4) is 0 Å². The monoisotopic (exact) mass is 414 g/mol. The molecule has 2 aromatic rings. The molecule has 0 unspecified atom stereocenters. The Morgan fingerprint density at radius 1 is 1.03 bits per heavy atom. The van der Waals surface area contributed by atoms with Crippen molar-refractivity contribution in [2.45, 2.75) is 19.4 Å². The molecule has 0 saturated carbocycles. The molecule has 0 fully saturated rings. The summed E-state index contributed by atoms with van der Waals surface area (Å²) in [6, 6.07) is 15.8. The van der Waals surface area contributed by atoms with Crippen molar-refractivity contribution in [2.24, 2.45) is 0 Å². The average molecular weight is 414 g/mol. The standard InChI is InChI=1S/C22H26N2O6/c1-4-19(30-17-10-6-5-7-11-17)22(27)29-15-21(26)24(2)14-20(25)23-16-9-8-12-18(13-16)28-3/h5-13,19H,4,14-15H2,1-3H3,(H,23,25)/t19-/m1/s1. The molecule has 0 spiro atoms. The molecule has 30 heavy (non-hydrogen) atoms. The molecule has 1 N–H and O–H groups in total. The predicted octanol–water partition coefficient (Wildman–Crippen LogP) is 2.49. The Balaban J connectivity index is 1.79. The molecule has 8 nitrogen and oxygen atoms in total. The average Bonchev–Trinajstić information content (AvgIpc) is 2.76. The van der Waals surface area contributed by atoms with Crippen LogP contribution in [-0.4, -0.2) is 56.1 Å². The second kappa shape index (κ2) is 11.5. The highest BCUT2D eigenvalue weighted by Crippen LogP contribution is 2.16. The number of esters is 1. The maximum atomic E-state index is 12.2. The van der Waals surface area contributed by atoms with Crippen LogP contribution < -0.4 is 14.8 Å². The van der Waals surface area contributed by atoms with Crippen LogP contribution >= 0.6 is 0 Å². The third kappa shape index (κ3) is 7.12. The summed E-state index contributed by atoms with van der Waals surface area (Å²) < 4.78 is 15.8. The minimum absolute atomic E-state index is 0.189. The smallest absolute Gasteiger partial charge is 0.347 e. The maximum absolute atomic E-state index is 12.2. The van der Waals surface area contributed by atoms with E-state index in [2.05, 4.69) is 5.32 Å². The molecule has 0 aromatic heterocycles. The van der Waals surface area contributed by atoms with Crippen molar-refractivity contribution in [1.82, 2.24) is 4.90 Å². The zero-order valence-electron chi connectivity index (χ0n) is 17.3. The maximum Gasteiger partial charge on any atom is 0.347 e. The summed E-state index contributed by atoms with van der Waals surface area (Å²) in [6.07, 6.45) is -0.428. The normalized spacial score (nSPS) is 11.2. The van der Waals surface area contributed by atoms with Crippen molar-refractivity contribution in [2.75, 3.05) is 32.6 Å². The largest absolute Gasteiger partial charge is 0.497 e. The fourth-order valence-corrected chi connectivity index (χ4v) is 2.50. The number of benzene rings is 2. The Morgan fingerprint density at radius 2 is 1.73 bits per heavy atom. The third-order valence-electron chi connectivity index (χ3n) is 4.15. The summed E-state index contributed by atoms with van der Waals surface area (Å²) in [5, 5.41) is 2.68. The Morgan fingerprint density at radius 3 is 2.40 bits per heavy atom. The van der Waals surface area contributed by atoms with Crippen molar-refractivity contribution < 1.29 is 28.6 Å². The number of hydrogen-bond acceptors (Lipinski definition) is 6. The first-order chi connectivity index (χ1) is 14.4. The third-order valence-corrected chi connectivity index (χ3v) is 4.15. The number of carbonyl (C=O) groups is 3. The van der Waals surface area contributed by atoms with E-state index in [0.29, 0.717) is 23.6 Å². The molecule has 0 heterocycles. The van der Waals surface area contributed by atoms with E-state index >= 15 is 0 Å². The van der Waals surface area contributed by atoms with Crippen LogP contribution in [-0.2, 0) is 19.1 Å². The summed E-state index contributed by atoms with van der Waals surface area (Å²) in [6.45, 7) is 1.12. The molecule has 0 bridgehead atoms. The first-order valence-corrected chi connectivity index (χ1v) is 9.49. The predicted molar refractivity (Wildman–Crippen MR) is 111 cm³/mol. The lowest BCUT2D eigenvalue weighted by Crippen LogP contribution is -2.38. The zero-order valence-corrected chi connectivity index (χ0v) is 17.3. The molecular formula is C22H26N2O6. The lowest BCUT2D eigenvalue weighted by Gasteiger charge is -2.19. The molecule has 2 aromatic carbocycles. The van der Waals surface area contributed by atoms with Gasteiger partial charge < -0.3 is 24.4 Å². The number of para-hydroxylation sites is 1. The summed E-state index contributed by atoms with van der Waals surface area (Å²) in [4.78, 5) is 37.8. The Labute approximate surface area is 175 Å². The zero-order chi connectivity index (χ0) is 21.9. The van der Waals surface area contributed by atoms with Crippen molar-refractivity contribution in [3.05, 3.63) is 54.6 Å². The number of anilines is 1. The summed E-state index contributed by atoms with van der Waals surface area (Å²) in [7, 11) is 2.99. The Bertz CT molecular complexity index is 856. The molecule has 8 heteroatoms. The number of ether oxygens (including phenoxy) is 3. The number of methoxy groups -OCH3 is 1. The van der Waals surface area contributed by atoms with Crippen LogP contribution in [0, 0.1) is 0 Å². The number of likely N-dealkylation sites (N-methyl/N-ethyl adjacent to an activating group) is 1. The lowest BCUT2D eigenvalue weighted by molar-refractivity contribution is -0.158. The van der Waals surface area contributed by atoms with Gasteiger partial charge in [-0.05, 0) is 30.7 Å². The molecule has 160 valence electrons. The quantitative estimate of drug-likeness (QED) is 0.601. The summed E-state index contributed by atoms with van der Waals surface area (Å²) in [5.41, 5.74) is 0.551. The molecule has 2 amide bonds. The summed E-state index contributed by atoms with van der Waals surface area (Å²) in [5.74, 6) is -0.377. The number of hydrogen-bond donors (Lipinski definition) is 1. The van der Waals surface area contributed by atoms with E-state index in [-0.39, 0.29) is 12.5 Å². The van der Waals surface area contributed by atoms with E-state index in [1.54, 1.807) is 55.5 Å². The summed E-state index contributed by atoms with van der Waals surface area (Å²) >= 11 is 0. The number of amides is 2. The van der Waals surface area contributed by atoms with Crippen molar-refractivity contribution >= 4 is 23.5 Å². The van der Waals surface area contributed by atoms with Crippen molar-refractivity contribution in [3.63, 3.8) is 0 Å². The highest BCUT2D eigenvalue weighted by Gasteiger charge is 2.22. The second-order valence-electron chi connectivity index (χ2n) is 6.47. The van der Waals surface area contributed by atoms with E-state index in [0.717, 1.165) is 0 Å². The molecule has 0 aliphatic rings. The van der Waals surface area contributed by atoms with Gasteiger partial charge in [-0.3, -0.25) is 9.59 Å². The van der Waals surface area contributed by atoms with Crippen molar-refractivity contribution in [3.8, 4) is 11.5 Å². The Kier molecular flexibility index (Phi) is 8.68. The van der Waals surface area contributed by atoms with Gasteiger partial charge >= 0.3 is 5.97 Å². The van der Waals surface area contributed by atoms with Gasteiger partial charge in [-0.15, -0.1) is 0 Å². The minimum Gasteiger partial charge on any atom is -0.497 e. The van der Waals surface area contributed by atoms with E-state index in [9.17, 15) is 14.4 Å². The fraction of sp³-hybridized carbons (Fsp3) is 0.318. The van der Waals surface area contributed by atoms with E-state index < -0.39 is 24.6 Å². The molecule has 0 aliphatic heterocycles. The topological polar surface area (TPSA) is 94.2 Å². The minimum atomic E-state index is -0.818. The van der Waals surface area contributed by atoms with Crippen LogP contribution in [0.15, 0.2) is 54.6 Å². The van der Waals surface area contributed by atoms with Gasteiger partial charge in [-0.25, -0.2) is 4.79 Å². The van der Waals surface area contributed by atoms with E-state index in [4.69, 9.17) is 14.2 Å². The highest BCUT2D eigenvalue weighted by molar-refractivity contribution is 5.95. The van der Waals surface area contributed by atoms with Crippen LogP contribution in [0.2, 0.25) is 0 Å². The van der Waals surface area contributed by atoms with Gasteiger partial charge in [0.05, 0.1) is 13.7 Å². The van der Waals surface area contributed by atoms with Gasteiger partial charge in [0.1, 0.15) is 11.5 Å². The number of nitrogens with zero attached hydrogens (tertiary/aromatic N) is 1. The van der Waals surface area contributed by atoms with Crippen LogP contribution in [0.4, 0.5) is 5.69 Å². The van der Waals surface area contributed by atoms with Gasteiger partial charge in [0.2, 0.25) is 5.91 Å². The SMILES string of the molecule is CC[C@@H](Oc1ccccc1)C(=O)OCC(=O)N(C)CC(=O)Nc1cccc(OC)c1. The molecule has 0 aliphatic carbocycles. The van der Waals surface area contributed by atoms with Gasteiger partial charge in [-0.2, -0.15) is 0 Å². The van der Waals surface area contributed by atoms with Gasteiger partial charge in [0.25, 0.3) is 5.91 Å². The van der Waals surface area contributed by atoms with Crippen LogP contribution in [0.1, 0.15) is 13.3 Å². The van der Waals surface area contributed by atoms with E-state index in [1.807, 2.05) is 6.07 Å². The first-order valence-electron chi connectivity index (χ1n) is 9.49. The number of carbonyl (C=O) groups excluding carboxylic acids is 3. The molecule has 0 radical (unpaired) electrons. The molecule has 2 rings (SSSR count). The van der Waals surface area contributed by atoms with Gasteiger partial charge in [-0.1, -0.05) is 31.2 Å². The molecular weight excluding hydrogens is 388 g/mol. The first kappa shape index (κ1) is 22.7. The lowest BCUT2D eigenvalue weighted by atomic mass is 10.2. The molecule has 0 saturated heterocycles. The van der Waals surface area contributed by atoms with Crippen LogP contribution in [0.25, 0.3) is 0 Å². The second-order valence-corrected chi connectivity index (χ2v) is 6.47. The van der Waals surface area contributed by atoms with Gasteiger partial charge in [0, 0.05) is 18.8 Å². The Hall–Kier alpha value is -3.55. The fourth-order valence-electron chi connectivity index (χ4n) is 2.50. The number of nitrogens with one attached hydrogen (secondary N) is 1. The van der Waals surface area contributed by atoms with Gasteiger partial charge in [0.15, 0.2) is 12.7 Å². The highest BCUT2D eigenvalue weighted by atomic mass is 16.6. The van der Waals surface area contributed by atoms with Crippen molar-refractivity contribution in [1.29, 1.82) is 0 Å². The number of rotatable bonds is 10. The molecule has 1 atom stereocenters.